The van der Waals surface area contributed by atoms with Crippen molar-refractivity contribution < 1.29 is 18.7 Å². The minimum Gasteiger partial charge on any atom is -0.489 e. The first kappa shape index (κ1) is 19.5. The molecule has 1 heterocycles. The van der Waals surface area contributed by atoms with Crippen LogP contribution in [0.1, 0.15) is 27.0 Å². The van der Waals surface area contributed by atoms with E-state index in [0.29, 0.717) is 38.2 Å². The van der Waals surface area contributed by atoms with Crippen LogP contribution < -0.4 is 9.47 Å². The number of aryl methyl sites for hydroxylation is 1. The van der Waals surface area contributed by atoms with E-state index in [4.69, 9.17) is 32.7 Å². The second-order valence-electron chi connectivity index (χ2n) is 6.60. The van der Waals surface area contributed by atoms with Crippen LogP contribution in [-0.2, 0) is 6.61 Å². The molecule has 0 aromatic heterocycles. The largest absolute Gasteiger partial charge is 0.489 e. The number of hydrogen-bond donors (Lipinski definition) is 0. The van der Waals surface area contributed by atoms with Crippen LogP contribution in [-0.4, -0.2) is 5.78 Å². The molecule has 3 aromatic carbocycles. The molecule has 3 aromatic rings. The van der Waals surface area contributed by atoms with Gasteiger partial charge >= 0.3 is 0 Å². The Hall–Kier alpha value is -2.82. The Labute approximate surface area is 177 Å². The van der Waals surface area contributed by atoms with Gasteiger partial charge in [0, 0.05) is 16.7 Å². The Morgan fingerprint density at radius 3 is 2.62 bits per heavy atom. The van der Waals surface area contributed by atoms with E-state index in [-0.39, 0.29) is 18.1 Å². The normalized spacial score (nSPS) is 14.1. The van der Waals surface area contributed by atoms with E-state index in [2.05, 4.69) is 0 Å². The number of ketones is 1. The fourth-order valence-corrected chi connectivity index (χ4v) is 3.51. The van der Waals surface area contributed by atoms with Crippen LogP contribution in [0, 0.1) is 12.7 Å². The zero-order valence-electron chi connectivity index (χ0n) is 15.3. The molecule has 0 unspecified atom stereocenters. The van der Waals surface area contributed by atoms with Crippen LogP contribution in [0.5, 0.6) is 11.5 Å². The van der Waals surface area contributed by atoms with Gasteiger partial charge in [0.2, 0.25) is 5.78 Å². The standard InChI is InChI=1S/C23H15Cl2FO3/c1-13-8-17(28-12-15-6-7-16(26)10-19(15)25)11-20-22(13)23(27)21(29-20)9-14-4-2-3-5-18(14)24/h2-11H,12H2,1H3/b21-9-. The van der Waals surface area contributed by atoms with Crippen molar-refractivity contribution >= 4 is 35.1 Å². The number of carbonyl (C=O) groups excluding carboxylic acids is 1. The highest BCUT2D eigenvalue weighted by Gasteiger charge is 2.30. The van der Waals surface area contributed by atoms with Gasteiger partial charge in [-0.2, -0.15) is 0 Å². The lowest BCUT2D eigenvalue weighted by molar-refractivity contribution is 0.101. The lowest BCUT2D eigenvalue weighted by Gasteiger charge is -2.10. The fraction of sp³-hybridized carbons (Fsp3) is 0.0870. The van der Waals surface area contributed by atoms with Crippen molar-refractivity contribution in [2.75, 3.05) is 0 Å². The number of Topliss-reactive ketones (excluding diaryl/α,β-unsaturated/α-hetero) is 1. The molecule has 0 radical (unpaired) electrons. The molecule has 0 atom stereocenters. The van der Waals surface area contributed by atoms with Gasteiger partial charge in [-0.25, -0.2) is 4.39 Å². The van der Waals surface area contributed by atoms with E-state index in [9.17, 15) is 9.18 Å². The summed E-state index contributed by atoms with van der Waals surface area (Å²) in [4.78, 5) is 12.8. The zero-order chi connectivity index (χ0) is 20.5. The molecule has 1 aliphatic rings. The van der Waals surface area contributed by atoms with Crippen molar-refractivity contribution in [3.63, 3.8) is 0 Å². The van der Waals surface area contributed by atoms with Crippen molar-refractivity contribution in [2.24, 2.45) is 0 Å². The van der Waals surface area contributed by atoms with Gasteiger partial charge in [-0.05, 0) is 48.4 Å². The Bertz CT molecular complexity index is 1150. The van der Waals surface area contributed by atoms with Gasteiger partial charge < -0.3 is 9.47 Å². The Morgan fingerprint density at radius 1 is 1.07 bits per heavy atom. The van der Waals surface area contributed by atoms with Crippen molar-refractivity contribution in [1.82, 2.24) is 0 Å². The molecule has 4 rings (SSSR count). The maximum Gasteiger partial charge on any atom is 0.232 e. The van der Waals surface area contributed by atoms with Gasteiger partial charge in [-0.1, -0.05) is 47.5 Å². The van der Waals surface area contributed by atoms with Gasteiger partial charge in [0.15, 0.2) is 5.76 Å². The number of rotatable bonds is 4. The van der Waals surface area contributed by atoms with E-state index in [1.54, 1.807) is 30.3 Å². The zero-order valence-corrected chi connectivity index (χ0v) is 16.9. The molecule has 0 aliphatic carbocycles. The molecule has 0 saturated heterocycles. The van der Waals surface area contributed by atoms with Gasteiger partial charge in [-0.15, -0.1) is 0 Å². The number of benzene rings is 3. The maximum atomic E-state index is 13.2. The number of ether oxygens (including phenoxy) is 2. The van der Waals surface area contributed by atoms with Crippen LogP contribution in [0.3, 0.4) is 0 Å². The molecule has 1 aliphatic heterocycles. The molecule has 0 bridgehead atoms. The summed E-state index contributed by atoms with van der Waals surface area (Å²) in [7, 11) is 0. The first-order valence-electron chi connectivity index (χ1n) is 8.82. The highest BCUT2D eigenvalue weighted by Crippen LogP contribution is 2.38. The van der Waals surface area contributed by atoms with Gasteiger partial charge in [0.25, 0.3) is 0 Å². The summed E-state index contributed by atoms with van der Waals surface area (Å²) in [6, 6.07) is 14.8. The first-order valence-corrected chi connectivity index (χ1v) is 9.58. The molecule has 146 valence electrons. The van der Waals surface area contributed by atoms with Gasteiger partial charge in [0.1, 0.15) is 23.9 Å². The van der Waals surface area contributed by atoms with Gasteiger partial charge in [-0.3, -0.25) is 4.79 Å². The van der Waals surface area contributed by atoms with Gasteiger partial charge in [0.05, 0.1) is 10.6 Å². The summed E-state index contributed by atoms with van der Waals surface area (Å²) in [6.07, 6.45) is 1.63. The van der Waals surface area contributed by atoms with Crippen molar-refractivity contribution in [3.8, 4) is 11.5 Å². The number of halogens is 3. The summed E-state index contributed by atoms with van der Waals surface area (Å²) in [6.45, 7) is 1.98. The monoisotopic (exact) mass is 428 g/mol. The topological polar surface area (TPSA) is 35.5 Å². The summed E-state index contributed by atoms with van der Waals surface area (Å²) >= 11 is 12.2. The van der Waals surface area contributed by atoms with E-state index < -0.39 is 5.82 Å². The molecular formula is C23H15Cl2FO3. The molecule has 0 N–H and O–H groups in total. The summed E-state index contributed by atoms with van der Waals surface area (Å²) < 4.78 is 24.8. The van der Waals surface area contributed by atoms with Crippen molar-refractivity contribution in [1.29, 1.82) is 0 Å². The SMILES string of the molecule is Cc1cc(OCc2ccc(F)cc2Cl)cc2c1C(=O)/C(=C/c1ccccc1Cl)O2. The average Bonchev–Trinajstić information content (AvgIpc) is 2.99. The van der Waals surface area contributed by atoms with Crippen molar-refractivity contribution in [2.45, 2.75) is 13.5 Å². The smallest absolute Gasteiger partial charge is 0.232 e. The van der Waals surface area contributed by atoms with E-state index in [0.717, 1.165) is 5.56 Å². The fourth-order valence-electron chi connectivity index (χ4n) is 3.09. The van der Waals surface area contributed by atoms with Crippen LogP contribution in [0.4, 0.5) is 4.39 Å². The summed E-state index contributed by atoms with van der Waals surface area (Å²) in [5.41, 5.74) is 2.58. The number of allylic oxidation sites excluding steroid dienone is 1. The quantitative estimate of drug-likeness (QED) is 0.437. The molecule has 0 amide bonds. The predicted octanol–water partition coefficient (Wildman–Crippen LogP) is 6.64. The van der Waals surface area contributed by atoms with Crippen molar-refractivity contribution in [3.05, 3.63) is 98.5 Å². The Balaban J connectivity index is 1.58. The minimum atomic E-state index is -0.406. The molecule has 6 heteroatoms. The third kappa shape index (κ3) is 4.00. The first-order chi connectivity index (χ1) is 13.9. The average molecular weight is 429 g/mol. The molecular weight excluding hydrogens is 414 g/mol. The number of hydrogen-bond acceptors (Lipinski definition) is 3. The molecule has 29 heavy (non-hydrogen) atoms. The second kappa shape index (κ2) is 7.90. The lowest BCUT2D eigenvalue weighted by atomic mass is 10.0. The number of carbonyl (C=O) groups is 1. The van der Waals surface area contributed by atoms with E-state index in [1.807, 2.05) is 25.1 Å². The van der Waals surface area contributed by atoms with E-state index >= 15 is 0 Å². The minimum absolute atomic E-state index is 0.160. The van der Waals surface area contributed by atoms with Crippen LogP contribution in [0.15, 0.2) is 60.4 Å². The molecule has 0 saturated carbocycles. The van der Waals surface area contributed by atoms with Crippen LogP contribution in [0.25, 0.3) is 6.08 Å². The molecule has 0 spiro atoms. The molecule has 0 fully saturated rings. The third-order valence-corrected chi connectivity index (χ3v) is 5.24. The Morgan fingerprint density at radius 2 is 1.86 bits per heavy atom. The molecule has 3 nitrogen and oxygen atoms in total. The highest BCUT2D eigenvalue weighted by molar-refractivity contribution is 6.32. The predicted molar refractivity (Wildman–Crippen MR) is 111 cm³/mol. The van der Waals surface area contributed by atoms with Crippen LogP contribution in [0.2, 0.25) is 10.0 Å². The third-order valence-electron chi connectivity index (χ3n) is 4.54. The lowest BCUT2D eigenvalue weighted by Crippen LogP contribution is -2.00. The van der Waals surface area contributed by atoms with Crippen LogP contribution >= 0.6 is 23.2 Å². The maximum absolute atomic E-state index is 13.2. The van der Waals surface area contributed by atoms with E-state index in [1.165, 1.54) is 12.1 Å². The second-order valence-corrected chi connectivity index (χ2v) is 7.41. The number of fused-ring (bicyclic) bond motifs is 1. The summed E-state index contributed by atoms with van der Waals surface area (Å²) in [5.74, 6) is 0.541. The highest BCUT2D eigenvalue weighted by atomic mass is 35.5. The summed E-state index contributed by atoms with van der Waals surface area (Å²) in [5, 5.41) is 0.823. The Kier molecular flexibility index (Phi) is 5.31.